The summed E-state index contributed by atoms with van der Waals surface area (Å²) in [7, 11) is 0. The van der Waals surface area contributed by atoms with Crippen LogP contribution in [0.25, 0.3) is 0 Å². The van der Waals surface area contributed by atoms with Crippen LogP contribution in [0.4, 0.5) is 16.2 Å². The van der Waals surface area contributed by atoms with E-state index in [0.717, 1.165) is 24.2 Å². The van der Waals surface area contributed by atoms with Gasteiger partial charge in [0.2, 0.25) is 0 Å². The summed E-state index contributed by atoms with van der Waals surface area (Å²) in [6, 6.07) is 18.2. The van der Waals surface area contributed by atoms with E-state index < -0.39 is 0 Å². The lowest BCUT2D eigenvalue weighted by Gasteiger charge is -2.19. The first-order valence-electron chi connectivity index (χ1n) is 8.65. The average Bonchev–Trinajstić information content (AvgIpc) is 3.17. The summed E-state index contributed by atoms with van der Waals surface area (Å²) in [5, 5.41) is 0. The Morgan fingerprint density at radius 3 is 2.38 bits per heavy atom. The highest BCUT2D eigenvalue weighted by atomic mass is 16.2. The predicted octanol–water partition coefficient (Wildman–Crippen LogP) is 3.73. The number of para-hydroxylation sites is 1. The summed E-state index contributed by atoms with van der Waals surface area (Å²) in [4.78, 5) is 16.5. The molecule has 1 aliphatic carbocycles. The number of hydrogen-bond acceptors (Lipinski definition) is 2. The third-order valence-corrected chi connectivity index (χ3v) is 5.44. The molecular formula is C20H23N3O. The van der Waals surface area contributed by atoms with Crippen molar-refractivity contribution >= 4 is 17.4 Å². The van der Waals surface area contributed by atoms with Crippen LogP contribution in [0.15, 0.2) is 54.6 Å². The van der Waals surface area contributed by atoms with E-state index in [0.29, 0.717) is 19.0 Å². The van der Waals surface area contributed by atoms with Gasteiger partial charge in [-0.15, -0.1) is 0 Å². The summed E-state index contributed by atoms with van der Waals surface area (Å²) >= 11 is 0. The van der Waals surface area contributed by atoms with Gasteiger partial charge in [0.05, 0.1) is 0 Å². The summed E-state index contributed by atoms with van der Waals surface area (Å²) in [5.74, 6) is 0.422. The van der Waals surface area contributed by atoms with E-state index in [1.807, 2.05) is 52.3 Å². The van der Waals surface area contributed by atoms with Crippen LogP contribution in [0, 0.1) is 0 Å². The van der Waals surface area contributed by atoms with Gasteiger partial charge in [-0.3, -0.25) is 9.80 Å². The molecule has 0 spiro atoms. The molecule has 2 N–H and O–H groups in total. The molecule has 0 bridgehead atoms. The van der Waals surface area contributed by atoms with Crippen LogP contribution in [0.5, 0.6) is 0 Å². The minimum atomic E-state index is -0.0519. The Balaban J connectivity index is 1.56. The Bertz CT molecular complexity index is 760. The average molecular weight is 321 g/mol. The first-order valence-corrected chi connectivity index (χ1v) is 8.65. The van der Waals surface area contributed by atoms with E-state index in [9.17, 15) is 4.79 Å². The largest absolute Gasteiger partial charge is 0.329 e. The van der Waals surface area contributed by atoms with Crippen molar-refractivity contribution < 1.29 is 4.79 Å². The number of nitrogens with zero attached hydrogens (tertiary/aromatic N) is 2. The van der Waals surface area contributed by atoms with Gasteiger partial charge in [-0.1, -0.05) is 37.3 Å². The minimum absolute atomic E-state index is 0.0450. The number of nitrogens with two attached hydrogens (primary N) is 1. The second kappa shape index (κ2) is 5.64. The van der Waals surface area contributed by atoms with Crippen LogP contribution in [0.2, 0.25) is 0 Å². The molecule has 0 aromatic heterocycles. The molecule has 2 unspecified atom stereocenters. The second-order valence-electron chi connectivity index (χ2n) is 6.86. The van der Waals surface area contributed by atoms with Crippen molar-refractivity contribution in [3.8, 4) is 0 Å². The molecular weight excluding hydrogens is 298 g/mol. The molecule has 2 fully saturated rings. The maximum Gasteiger partial charge on any atom is 0.329 e. The zero-order valence-corrected chi connectivity index (χ0v) is 14.0. The second-order valence-corrected chi connectivity index (χ2v) is 6.86. The fourth-order valence-corrected chi connectivity index (χ4v) is 3.70. The van der Waals surface area contributed by atoms with Crippen molar-refractivity contribution in [1.29, 1.82) is 0 Å². The Kier molecular flexibility index (Phi) is 3.57. The lowest BCUT2D eigenvalue weighted by Crippen LogP contribution is -2.31. The van der Waals surface area contributed by atoms with Crippen molar-refractivity contribution in [3.63, 3.8) is 0 Å². The highest BCUT2D eigenvalue weighted by Crippen LogP contribution is 2.51. The van der Waals surface area contributed by atoms with Crippen molar-refractivity contribution in [3.05, 3.63) is 60.2 Å². The summed E-state index contributed by atoms with van der Waals surface area (Å²) < 4.78 is 0. The molecule has 1 saturated heterocycles. The molecule has 2 amide bonds. The monoisotopic (exact) mass is 321 g/mol. The third-order valence-electron chi connectivity index (χ3n) is 5.44. The summed E-state index contributed by atoms with van der Waals surface area (Å²) in [6.45, 7) is 3.57. The molecule has 2 aromatic rings. The number of hydrogen-bond donors (Lipinski definition) is 1. The van der Waals surface area contributed by atoms with Gasteiger partial charge in [-0.05, 0) is 42.7 Å². The third kappa shape index (κ3) is 2.47. The zero-order valence-electron chi connectivity index (χ0n) is 14.0. The number of amides is 2. The molecule has 4 rings (SSSR count). The molecule has 2 aliphatic rings. The van der Waals surface area contributed by atoms with Crippen LogP contribution in [0.3, 0.4) is 0 Å². The fourth-order valence-electron chi connectivity index (χ4n) is 3.70. The first kappa shape index (κ1) is 15.2. The SMILES string of the molecule is CCC1(N)CC1c1cccc(N2CCN(c3ccccc3)C2=O)c1. The molecule has 1 heterocycles. The molecule has 2 atom stereocenters. The number of anilines is 2. The maximum absolute atomic E-state index is 12.8. The lowest BCUT2D eigenvalue weighted by molar-refractivity contribution is 0.256. The van der Waals surface area contributed by atoms with Gasteiger partial charge in [0, 0.05) is 35.9 Å². The van der Waals surface area contributed by atoms with Crippen LogP contribution in [-0.2, 0) is 0 Å². The quantitative estimate of drug-likeness (QED) is 0.933. The lowest BCUT2D eigenvalue weighted by atomic mass is 10.0. The predicted molar refractivity (Wildman–Crippen MR) is 97.5 cm³/mol. The van der Waals surface area contributed by atoms with Gasteiger partial charge in [-0.2, -0.15) is 0 Å². The van der Waals surface area contributed by atoms with Crippen LogP contribution in [0.1, 0.15) is 31.2 Å². The van der Waals surface area contributed by atoms with Crippen molar-refractivity contribution in [1.82, 2.24) is 0 Å². The zero-order chi connectivity index (χ0) is 16.7. The topological polar surface area (TPSA) is 49.6 Å². The van der Waals surface area contributed by atoms with Crippen molar-refractivity contribution in [2.24, 2.45) is 5.73 Å². The molecule has 4 heteroatoms. The number of urea groups is 1. The van der Waals surface area contributed by atoms with E-state index in [-0.39, 0.29) is 11.6 Å². The number of rotatable bonds is 4. The molecule has 1 aliphatic heterocycles. The summed E-state index contributed by atoms with van der Waals surface area (Å²) in [6.07, 6.45) is 2.03. The van der Waals surface area contributed by atoms with Gasteiger partial charge in [-0.25, -0.2) is 4.79 Å². The van der Waals surface area contributed by atoms with Gasteiger partial charge >= 0.3 is 6.03 Å². The Morgan fingerprint density at radius 1 is 1.04 bits per heavy atom. The van der Waals surface area contributed by atoms with Crippen LogP contribution < -0.4 is 15.5 Å². The Hall–Kier alpha value is -2.33. The van der Waals surface area contributed by atoms with E-state index in [4.69, 9.17) is 5.73 Å². The van der Waals surface area contributed by atoms with Crippen molar-refractivity contribution in [2.45, 2.75) is 31.2 Å². The highest BCUT2D eigenvalue weighted by molar-refractivity contribution is 6.06. The standard InChI is InChI=1S/C20H23N3O/c1-2-20(21)14-18(20)15-7-6-10-17(13-15)23-12-11-22(19(23)24)16-8-4-3-5-9-16/h3-10,13,18H,2,11-12,14,21H2,1H3. The molecule has 4 nitrogen and oxygen atoms in total. The molecule has 124 valence electrons. The van der Waals surface area contributed by atoms with Crippen LogP contribution >= 0.6 is 0 Å². The van der Waals surface area contributed by atoms with Gasteiger partial charge in [0.1, 0.15) is 0 Å². The van der Waals surface area contributed by atoms with E-state index in [1.54, 1.807) is 0 Å². The number of carbonyl (C=O) groups is 1. The number of carbonyl (C=O) groups excluding carboxylic acids is 1. The van der Waals surface area contributed by atoms with Crippen molar-refractivity contribution in [2.75, 3.05) is 22.9 Å². The molecule has 1 saturated carbocycles. The van der Waals surface area contributed by atoms with Gasteiger partial charge in [0.15, 0.2) is 0 Å². The van der Waals surface area contributed by atoms with E-state index in [1.165, 1.54) is 5.56 Å². The summed E-state index contributed by atoms with van der Waals surface area (Å²) in [5.41, 5.74) is 9.49. The molecule has 0 radical (unpaired) electrons. The minimum Gasteiger partial charge on any atom is -0.325 e. The van der Waals surface area contributed by atoms with Gasteiger partial charge in [0.25, 0.3) is 0 Å². The van der Waals surface area contributed by atoms with E-state index in [2.05, 4.69) is 19.1 Å². The van der Waals surface area contributed by atoms with E-state index >= 15 is 0 Å². The Labute approximate surface area is 142 Å². The normalized spacial score (nSPS) is 26.1. The fraction of sp³-hybridized carbons (Fsp3) is 0.350. The van der Waals surface area contributed by atoms with Gasteiger partial charge < -0.3 is 5.73 Å². The molecule has 2 aromatic carbocycles. The maximum atomic E-state index is 12.8. The smallest absolute Gasteiger partial charge is 0.325 e. The number of benzene rings is 2. The highest BCUT2D eigenvalue weighted by Gasteiger charge is 2.50. The first-order chi connectivity index (χ1) is 11.6. The Morgan fingerprint density at radius 2 is 1.71 bits per heavy atom. The molecule has 24 heavy (non-hydrogen) atoms. The van der Waals surface area contributed by atoms with Crippen LogP contribution in [-0.4, -0.2) is 24.7 Å².